The second-order valence-electron chi connectivity index (χ2n) is 17.8. The Morgan fingerprint density at radius 2 is 0.873 bits per heavy atom. The van der Waals surface area contributed by atoms with Crippen LogP contribution in [0.25, 0.3) is 0 Å². The molecule has 1 N–H and O–H groups in total. The molecule has 0 aliphatic rings. The van der Waals surface area contributed by atoms with E-state index in [-0.39, 0.29) is 25.8 Å². The minimum absolute atomic E-state index is 0.0820. The maximum Gasteiger partial charge on any atom is 0.472 e. The summed E-state index contributed by atoms with van der Waals surface area (Å²) in [4.78, 5) is 23.0. The van der Waals surface area contributed by atoms with Gasteiger partial charge in [-0.15, -0.1) is 0 Å². The van der Waals surface area contributed by atoms with Crippen molar-refractivity contribution in [1.29, 1.82) is 0 Å². The zero-order chi connectivity index (χ0) is 46.2. The number of unbranched alkanes of at least 4 members (excludes halogenated alkanes) is 18. The summed E-state index contributed by atoms with van der Waals surface area (Å²) in [6.07, 6.45) is 62.0. The molecule has 0 aliphatic carbocycles. The van der Waals surface area contributed by atoms with Gasteiger partial charge in [0.1, 0.15) is 19.3 Å². The van der Waals surface area contributed by atoms with Crippen LogP contribution >= 0.6 is 7.82 Å². The van der Waals surface area contributed by atoms with Gasteiger partial charge >= 0.3 is 13.8 Å². The van der Waals surface area contributed by atoms with Crippen LogP contribution in [0.2, 0.25) is 0 Å². The summed E-state index contributed by atoms with van der Waals surface area (Å²) in [6.45, 7) is 5.38. The first-order valence-corrected chi connectivity index (χ1v) is 26.8. The van der Waals surface area contributed by atoms with Gasteiger partial charge in [-0.2, -0.15) is 0 Å². The smallest absolute Gasteiger partial charge is 0.457 e. The number of hydrogen-bond acceptors (Lipinski definition) is 6. The molecule has 0 aromatic heterocycles. The van der Waals surface area contributed by atoms with Crippen molar-refractivity contribution in [1.82, 2.24) is 0 Å². The molecule has 364 valence electrons. The predicted molar refractivity (Wildman–Crippen MR) is 270 cm³/mol. The SMILES string of the molecule is CC/C=C\C/C=C\C/C=C\C/C=C\CCCCCCCCCCCCC(=O)OC(COCCCCCCCCCC/C=C\C/C=C\C/C=C\CC)COP(=O)(O)OCC[N+](C)(C)C. The zero-order valence-electron chi connectivity index (χ0n) is 41.3. The third-order valence-electron chi connectivity index (χ3n) is 10.5. The molecule has 0 bridgehead atoms. The topological polar surface area (TPSA) is 91.3 Å². The maximum absolute atomic E-state index is 12.8. The lowest BCUT2D eigenvalue weighted by molar-refractivity contribution is -0.870. The van der Waals surface area contributed by atoms with E-state index in [0.29, 0.717) is 24.1 Å². The maximum atomic E-state index is 12.8. The number of carbonyl (C=O) groups excluding carboxylic acids is 1. The summed E-state index contributed by atoms with van der Waals surface area (Å²) in [5.74, 6) is -0.324. The van der Waals surface area contributed by atoms with E-state index in [0.717, 1.165) is 83.5 Å². The van der Waals surface area contributed by atoms with Crippen LogP contribution in [0.15, 0.2) is 85.1 Å². The van der Waals surface area contributed by atoms with Crippen LogP contribution in [0.5, 0.6) is 0 Å². The highest BCUT2D eigenvalue weighted by atomic mass is 31.2. The highest BCUT2D eigenvalue weighted by Gasteiger charge is 2.26. The van der Waals surface area contributed by atoms with Gasteiger partial charge in [-0.25, -0.2) is 4.57 Å². The Kier molecular flexibility index (Phi) is 44.5. The van der Waals surface area contributed by atoms with Gasteiger partial charge in [0.2, 0.25) is 0 Å². The van der Waals surface area contributed by atoms with Gasteiger partial charge in [-0.05, 0) is 83.5 Å². The van der Waals surface area contributed by atoms with Gasteiger partial charge in [-0.1, -0.05) is 189 Å². The number of rotatable bonds is 46. The lowest BCUT2D eigenvalue weighted by Gasteiger charge is -2.24. The van der Waals surface area contributed by atoms with Crippen LogP contribution in [0.3, 0.4) is 0 Å². The minimum Gasteiger partial charge on any atom is -0.457 e. The second kappa shape index (κ2) is 46.2. The summed E-state index contributed by atoms with van der Waals surface area (Å²) >= 11 is 0. The molecule has 0 aromatic carbocycles. The Hall–Kier alpha value is -2.32. The molecule has 0 amide bonds. The van der Waals surface area contributed by atoms with Gasteiger partial charge in [0, 0.05) is 13.0 Å². The Balaban J connectivity index is 4.17. The molecule has 0 heterocycles. The van der Waals surface area contributed by atoms with E-state index < -0.39 is 13.9 Å². The van der Waals surface area contributed by atoms with Crippen LogP contribution < -0.4 is 0 Å². The lowest BCUT2D eigenvalue weighted by Crippen LogP contribution is -2.37. The molecule has 0 spiro atoms. The van der Waals surface area contributed by atoms with Crippen molar-refractivity contribution in [2.45, 2.75) is 200 Å². The van der Waals surface area contributed by atoms with Crippen LogP contribution in [0, 0.1) is 0 Å². The summed E-state index contributed by atoms with van der Waals surface area (Å²) < 4.78 is 35.1. The van der Waals surface area contributed by atoms with Crippen molar-refractivity contribution in [2.75, 3.05) is 54.1 Å². The quantitative estimate of drug-likeness (QED) is 0.0214. The highest BCUT2D eigenvalue weighted by Crippen LogP contribution is 2.43. The monoisotopic (exact) mass is 903 g/mol. The third kappa shape index (κ3) is 50.5. The Morgan fingerprint density at radius 1 is 0.492 bits per heavy atom. The predicted octanol–water partition coefficient (Wildman–Crippen LogP) is 15.6. The van der Waals surface area contributed by atoms with Crippen molar-refractivity contribution >= 4 is 13.8 Å². The van der Waals surface area contributed by atoms with E-state index in [1.54, 1.807) is 0 Å². The number of likely N-dealkylation sites (N-methyl/N-ethyl adjacent to an activating group) is 1. The van der Waals surface area contributed by atoms with Crippen molar-refractivity contribution in [3.8, 4) is 0 Å². The first-order chi connectivity index (χ1) is 30.6. The number of phosphoric ester groups is 1. The largest absolute Gasteiger partial charge is 0.472 e. The summed E-state index contributed by atoms with van der Waals surface area (Å²) in [7, 11) is 1.65. The average Bonchev–Trinajstić information content (AvgIpc) is 3.24. The van der Waals surface area contributed by atoms with E-state index in [4.69, 9.17) is 18.5 Å². The van der Waals surface area contributed by atoms with E-state index in [9.17, 15) is 14.3 Å². The van der Waals surface area contributed by atoms with Crippen LogP contribution in [-0.4, -0.2) is 75.6 Å². The second-order valence-corrected chi connectivity index (χ2v) is 19.2. The molecule has 8 nitrogen and oxygen atoms in total. The fraction of sp³-hybridized carbons (Fsp3) is 0.722. The number of allylic oxidation sites excluding steroid dienone is 14. The molecule has 0 radical (unpaired) electrons. The van der Waals surface area contributed by atoms with Gasteiger partial charge in [0.15, 0.2) is 0 Å². The minimum atomic E-state index is -4.29. The number of quaternary nitrogens is 1. The van der Waals surface area contributed by atoms with Gasteiger partial charge in [-0.3, -0.25) is 13.8 Å². The standard InChI is InChI=1S/C54H96NO7P/c1-6-8-10-12-14-16-18-20-22-24-26-27-28-29-30-31-33-35-37-39-41-43-45-47-54(56)62-53(52-61-63(57,58)60-50-48-55(3,4)5)51-59-49-46-44-42-40-38-36-34-32-25-23-21-19-17-15-13-11-9-7-2/h8-11,14-17,20-23,26-27,53H,6-7,12-13,18-19,24-25,28-52H2,1-5H3/p+1/b10-8-,11-9-,16-14-,17-15-,22-20-,23-21-,27-26-. The number of ether oxygens (including phenoxy) is 2. The molecular weight excluding hydrogens is 806 g/mol. The lowest BCUT2D eigenvalue weighted by atomic mass is 10.0. The summed E-state index contributed by atoms with van der Waals surface area (Å²) in [5.41, 5.74) is 0. The van der Waals surface area contributed by atoms with Gasteiger partial charge in [0.05, 0.1) is 34.4 Å². The molecule has 0 saturated heterocycles. The van der Waals surface area contributed by atoms with E-state index >= 15 is 0 Å². The van der Waals surface area contributed by atoms with Crippen molar-refractivity contribution in [3.05, 3.63) is 85.1 Å². The zero-order valence-corrected chi connectivity index (χ0v) is 42.2. The van der Waals surface area contributed by atoms with Crippen molar-refractivity contribution in [3.63, 3.8) is 0 Å². The van der Waals surface area contributed by atoms with E-state index in [1.165, 1.54) is 89.9 Å². The highest BCUT2D eigenvalue weighted by molar-refractivity contribution is 7.47. The molecule has 9 heteroatoms. The van der Waals surface area contributed by atoms with Crippen molar-refractivity contribution < 1.29 is 37.3 Å². The van der Waals surface area contributed by atoms with E-state index in [1.807, 2.05) is 21.1 Å². The first-order valence-electron chi connectivity index (χ1n) is 25.3. The molecule has 0 fully saturated rings. The summed E-state index contributed by atoms with van der Waals surface area (Å²) in [6, 6.07) is 0. The third-order valence-corrected chi connectivity index (χ3v) is 11.4. The fourth-order valence-electron chi connectivity index (χ4n) is 6.62. The van der Waals surface area contributed by atoms with Gasteiger partial charge < -0.3 is 18.9 Å². The van der Waals surface area contributed by atoms with Gasteiger partial charge in [0.25, 0.3) is 0 Å². The molecule has 0 rings (SSSR count). The van der Waals surface area contributed by atoms with Crippen LogP contribution in [0.1, 0.15) is 194 Å². The van der Waals surface area contributed by atoms with E-state index in [2.05, 4.69) is 98.9 Å². The Labute approximate surface area is 388 Å². The summed E-state index contributed by atoms with van der Waals surface area (Å²) in [5, 5.41) is 0. The molecule has 0 aromatic rings. The number of esters is 1. The fourth-order valence-corrected chi connectivity index (χ4v) is 7.36. The molecular formula is C54H97NO7P+. The number of hydrogen-bond donors (Lipinski definition) is 1. The average molecular weight is 903 g/mol. The van der Waals surface area contributed by atoms with Crippen LogP contribution in [-0.2, 0) is 27.9 Å². The number of phosphoric acid groups is 1. The molecule has 2 atom stereocenters. The normalized spacial score (nSPS) is 14.3. The molecule has 0 saturated carbocycles. The van der Waals surface area contributed by atoms with Crippen molar-refractivity contribution in [2.24, 2.45) is 0 Å². The van der Waals surface area contributed by atoms with Crippen LogP contribution in [0.4, 0.5) is 0 Å². The molecule has 63 heavy (non-hydrogen) atoms. The molecule has 0 aliphatic heterocycles. The number of carbonyl (C=O) groups is 1. The molecule has 2 unspecified atom stereocenters. The Morgan fingerprint density at radius 3 is 1.30 bits per heavy atom. The first kappa shape index (κ1) is 60.7. The Bertz CT molecular complexity index is 1280. The number of nitrogens with zero attached hydrogens (tertiary/aromatic N) is 1.